The van der Waals surface area contributed by atoms with Gasteiger partial charge in [0.2, 0.25) is 0 Å². The molecule has 2 saturated carbocycles. The van der Waals surface area contributed by atoms with E-state index in [4.69, 9.17) is 4.74 Å². The first-order chi connectivity index (χ1) is 13.8. The number of fused-ring (bicyclic) bond motifs is 1. The molecule has 0 bridgehead atoms. The van der Waals surface area contributed by atoms with E-state index < -0.39 is 0 Å². The van der Waals surface area contributed by atoms with E-state index >= 15 is 0 Å². The minimum Gasteiger partial charge on any atom is -0.490 e. The van der Waals surface area contributed by atoms with Crippen molar-refractivity contribution in [2.24, 2.45) is 11.8 Å². The molecule has 1 N–H and O–H groups in total. The molecule has 6 rings (SSSR count). The number of aromatic amines is 1. The van der Waals surface area contributed by atoms with Gasteiger partial charge in [-0.15, -0.1) is 0 Å². The van der Waals surface area contributed by atoms with Crippen LogP contribution in [-0.2, 0) is 0 Å². The first kappa shape index (κ1) is 16.4. The molecule has 5 nitrogen and oxygen atoms in total. The van der Waals surface area contributed by atoms with E-state index in [-0.39, 0.29) is 0 Å². The maximum absolute atomic E-state index is 5.98. The lowest BCUT2D eigenvalue weighted by atomic mass is 9.92. The predicted octanol–water partition coefficient (Wildman–Crippen LogP) is 4.79. The van der Waals surface area contributed by atoms with Crippen LogP contribution in [0.15, 0.2) is 36.5 Å². The molecule has 1 aliphatic heterocycles. The van der Waals surface area contributed by atoms with Crippen LogP contribution < -0.4 is 9.64 Å². The van der Waals surface area contributed by atoms with Crippen LogP contribution >= 0.6 is 0 Å². The lowest BCUT2D eigenvalue weighted by Gasteiger charge is -2.33. The molecule has 2 aliphatic carbocycles. The van der Waals surface area contributed by atoms with E-state index in [1.54, 1.807) is 0 Å². The van der Waals surface area contributed by atoms with E-state index in [0.29, 0.717) is 6.10 Å². The van der Waals surface area contributed by atoms with E-state index in [0.717, 1.165) is 58.7 Å². The van der Waals surface area contributed by atoms with Gasteiger partial charge in [-0.05, 0) is 80.7 Å². The Labute approximate surface area is 165 Å². The van der Waals surface area contributed by atoms with Crippen molar-refractivity contribution in [3.8, 4) is 17.0 Å². The highest BCUT2D eigenvalue weighted by atomic mass is 16.5. The smallest absolute Gasteiger partial charge is 0.129 e. The molecule has 1 aromatic carbocycles. The minimum atomic E-state index is 0.402. The summed E-state index contributed by atoms with van der Waals surface area (Å²) in [4.78, 5) is 7.11. The Hall–Kier alpha value is -2.56. The molecule has 0 spiro atoms. The molecule has 0 unspecified atom stereocenters. The molecule has 3 fully saturated rings. The van der Waals surface area contributed by atoms with Crippen LogP contribution in [0.3, 0.4) is 0 Å². The average Bonchev–Trinajstić information content (AvgIpc) is 3.67. The molecule has 2 aromatic heterocycles. The molecular formula is C23H26N4O. The normalized spacial score (nSPS) is 20.6. The van der Waals surface area contributed by atoms with Crippen molar-refractivity contribution < 1.29 is 4.74 Å². The molecule has 3 aromatic rings. The van der Waals surface area contributed by atoms with E-state index in [1.165, 1.54) is 38.5 Å². The zero-order valence-corrected chi connectivity index (χ0v) is 16.1. The third-order valence-corrected chi connectivity index (χ3v) is 6.53. The van der Waals surface area contributed by atoms with Crippen LogP contribution in [0.4, 0.5) is 5.82 Å². The highest BCUT2D eigenvalue weighted by Gasteiger charge is 2.33. The Kier molecular flexibility index (Phi) is 3.81. The Morgan fingerprint density at radius 3 is 2.54 bits per heavy atom. The third-order valence-electron chi connectivity index (χ3n) is 6.53. The van der Waals surface area contributed by atoms with Crippen LogP contribution in [0.25, 0.3) is 22.2 Å². The van der Waals surface area contributed by atoms with Crippen molar-refractivity contribution in [3.05, 3.63) is 36.5 Å². The van der Waals surface area contributed by atoms with Crippen molar-refractivity contribution >= 4 is 16.7 Å². The highest BCUT2D eigenvalue weighted by molar-refractivity contribution is 5.94. The van der Waals surface area contributed by atoms with Gasteiger partial charge >= 0.3 is 0 Å². The Bertz CT molecular complexity index is 997. The monoisotopic (exact) mass is 374 g/mol. The Balaban J connectivity index is 1.27. The second-order valence-corrected chi connectivity index (χ2v) is 8.66. The number of ether oxygens (including phenoxy) is 1. The summed E-state index contributed by atoms with van der Waals surface area (Å²) in [7, 11) is 0. The molecule has 3 heterocycles. The van der Waals surface area contributed by atoms with E-state index in [9.17, 15) is 0 Å². The lowest BCUT2D eigenvalue weighted by molar-refractivity contribution is 0.303. The van der Waals surface area contributed by atoms with Gasteiger partial charge in [0, 0.05) is 30.2 Å². The van der Waals surface area contributed by atoms with Gasteiger partial charge in [-0.2, -0.15) is 5.10 Å². The molecule has 1 saturated heterocycles. The second kappa shape index (κ2) is 6.50. The number of anilines is 1. The Morgan fingerprint density at radius 2 is 1.75 bits per heavy atom. The summed E-state index contributed by atoms with van der Waals surface area (Å²) in [5.74, 6) is 3.98. The van der Waals surface area contributed by atoms with Crippen molar-refractivity contribution in [1.82, 2.24) is 15.2 Å². The highest BCUT2D eigenvalue weighted by Crippen LogP contribution is 2.42. The number of rotatable bonds is 5. The van der Waals surface area contributed by atoms with E-state index in [1.807, 2.05) is 12.3 Å². The van der Waals surface area contributed by atoms with Gasteiger partial charge in [0.05, 0.1) is 11.6 Å². The molecular weight excluding hydrogens is 348 g/mol. The van der Waals surface area contributed by atoms with Gasteiger partial charge in [-0.1, -0.05) is 0 Å². The minimum absolute atomic E-state index is 0.402. The molecule has 0 radical (unpaired) electrons. The maximum Gasteiger partial charge on any atom is 0.129 e. The van der Waals surface area contributed by atoms with Crippen molar-refractivity contribution in [2.45, 2.75) is 44.6 Å². The number of benzene rings is 1. The lowest BCUT2D eigenvalue weighted by Crippen LogP contribution is -2.34. The molecule has 0 amide bonds. The zero-order chi connectivity index (χ0) is 18.5. The topological polar surface area (TPSA) is 54.0 Å². The van der Waals surface area contributed by atoms with Gasteiger partial charge in [0.1, 0.15) is 17.3 Å². The number of hydrogen-bond acceptors (Lipinski definition) is 4. The maximum atomic E-state index is 5.98. The summed E-state index contributed by atoms with van der Waals surface area (Å²) < 4.78 is 5.98. The van der Waals surface area contributed by atoms with E-state index in [2.05, 4.69) is 44.3 Å². The summed E-state index contributed by atoms with van der Waals surface area (Å²) in [5, 5.41) is 8.89. The number of H-pyrrole nitrogens is 1. The number of pyridine rings is 1. The third kappa shape index (κ3) is 3.13. The molecule has 144 valence electrons. The largest absolute Gasteiger partial charge is 0.490 e. The van der Waals surface area contributed by atoms with Crippen molar-refractivity contribution in [1.29, 1.82) is 0 Å². The van der Waals surface area contributed by atoms with Gasteiger partial charge in [-0.3, -0.25) is 5.10 Å². The van der Waals surface area contributed by atoms with Crippen LogP contribution in [0.5, 0.6) is 5.75 Å². The SMILES string of the molecule is c1cc(-c2n[nH]c3ccc(OC4CC4)cc23)cc(N2CCC(C3CC3)CC2)n1. The first-order valence-corrected chi connectivity index (χ1v) is 10.7. The van der Waals surface area contributed by atoms with Crippen LogP contribution in [0.2, 0.25) is 0 Å². The number of hydrogen-bond donors (Lipinski definition) is 1. The summed E-state index contributed by atoms with van der Waals surface area (Å²) in [6.07, 6.45) is 10.2. The fourth-order valence-electron chi connectivity index (χ4n) is 4.57. The summed E-state index contributed by atoms with van der Waals surface area (Å²) in [6.45, 7) is 2.25. The van der Waals surface area contributed by atoms with Gasteiger partial charge in [-0.25, -0.2) is 4.98 Å². The van der Waals surface area contributed by atoms with Crippen molar-refractivity contribution in [3.63, 3.8) is 0 Å². The Morgan fingerprint density at radius 1 is 0.929 bits per heavy atom. The van der Waals surface area contributed by atoms with Gasteiger partial charge in [0.25, 0.3) is 0 Å². The number of piperidine rings is 1. The number of aromatic nitrogens is 3. The average molecular weight is 374 g/mol. The predicted molar refractivity (Wildman–Crippen MR) is 111 cm³/mol. The molecule has 5 heteroatoms. The van der Waals surface area contributed by atoms with Gasteiger partial charge in [0.15, 0.2) is 0 Å². The quantitative estimate of drug-likeness (QED) is 0.697. The molecule has 0 atom stereocenters. The van der Waals surface area contributed by atoms with Crippen molar-refractivity contribution in [2.75, 3.05) is 18.0 Å². The first-order valence-electron chi connectivity index (χ1n) is 10.7. The second-order valence-electron chi connectivity index (χ2n) is 8.66. The number of nitrogens with one attached hydrogen (secondary N) is 1. The fourth-order valence-corrected chi connectivity index (χ4v) is 4.57. The molecule has 3 aliphatic rings. The van der Waals surface area contributed by atoms with Crippen LogP contribution in [-0.4, -0.2) is 34.4 Å². The summed E-state index contributed by atoms with van der Waals surface area (Å²) in [6, 6.07) is 10.5. The molecule has 28 heavy (non-hydrogen) atoms. The summed E-state index contributed by atoms with van der Waals surface area (Å²) in [5.41, 5.74) is 3.14. The number of nitrogens with zero attached hydrogens (tertiary/aromatic N) is 3. The fraction of sp³-hybridized carbons (Fsp3) is 0.478. The zero-order valence-electron chi connectivity index (χ0n) is 16.1. The standard InChI is InChI=1S/C23H26N4O/c1-2-15(1)16-8-11-27(12-9-16)22-13-17(7-10-24-22)23-20-14-19(28-18-3-4-18)5-6-21(20)25-26-23/h5-7,10,13-16,18H,1-4,8-9,11-12H2,(H,25,26). The van der Waals surface area contributed by atoms with Gasteiger partial charge < -0.3 is 9.64 Å². The van der Waals surface area contributed by atoms with Crippen LogP contribution in [0.1, 0.15) is 38.5 Å². The van der Waals surface area contributed by atoms with Crippen LogP contribution in [0, 0.1) is 11.8 Å². The summed E-state index contributed by atoms with van der Waals surface area (Å²) >= 11 is 0.